The number of rotatable bonds is 2. The number of hydrogen-bond donors (Lipinski definition) is 0. The molecule has 0 aliphatic carbocycles. The zero-order valence-corrected chi connectivity index (χ0v) is 10.1. The van der Waals surface area contributed by atoms with Gasteiger partial charge in [-0.1, -0.05) is 24.3 Å². The summed E-state index contributed by atoms with van der Waals surface area (Å²) in [7, 11) is 4.17. The van der Waals surface area contributed by atoms with Crippen LogP contribution < -0.4 is 4.90 Å². The van der Waals surface area contributed by atoms with Crippen LogP contribution in [0.3, 0.4) is 0 Å². The van der Waals surface area contributed by atoms with E-state index in [0.29, 0.717) is 0 Å². The van der Waals surface area contributed by atoms with Gasteiger partial charge in [-0.25, -0.2) is 0 Å². The van der Waals surface area contributed by atoms with E-state index >= 15 is 0 Å². The lowest BCUT2D eigenvalue weighted by molar-refractivity contribution is 1.14. The summed E-state index contributed by atoms with van der Waals surface area (Å²) >= 11 is 1.80. The summed E-state index contributed by atoms with van der Waals surface area (Å²) in [4.78, 5) is 3.50. The number of thioether (sulfide) groups is 1. The summed E-state index contributed by atoms with van der Waals surface area (Å²) in [5, 5.41) is 2.67. The molecule has 0 heterocycles. The van der Waals surface area contributed by atoms with Crippen molar-refractivity contribution in [2.75, 3.05) is 25.3 Å². The molecule has 0 fully saturated rings. The number of anilines is 1. The Kier molecular flexibility index (Phi) is 2.87. The third-order valence-corrected chi connectivity index (χ3v) is 3.36. The van der Waals surface area contributed by atoms with Gasteiger partial charge >= 0.3 is 0 Å². The maximum Gasteiger partial charge on any atom is 0.0441 e. The molecule has 2 rings (SSSR count). The molecule has 0 aliphatic heterocycles. The molecule has 0 unspecified atom stereocenters. The van der Waals surface area contributed by atoms with E-state index in [1.807, 2.05) is 0 Å². The molecule has 2 heteroatoms. The second-order valence-electron chi connectivity index (χ2n) is 3.73. The van der Waals surface area contributed by atoms with Crippen LogP contribution in [0.25, 0.3) is 10.8 Å². The van der Waals surface area contributed by atoms with Crippen LogP contribution in [0.1, 0.15) is 0 Å². The maximum atomic E-state index is 2.19. The molecule has 0 N–H and O–H groups in total. The van der Waals surface area contributed by atoms with Crippen molar-refractivity contribution in [2.45, 2.75) is 4.90 Å². The molecule has 1 nitrogen and oxygen atoms in total. The first kappa shape index (κ1) is 10.4. The summed E-state index contributed by atoms with van der Waals surface area (Å²) in [5.74, 6) is 0. The minimum absolute atomic E-state index is 1.28. The Hall–Kier alpha value is -1.15. The fraction of sp³-hybridized carbons (Fsp3) is 0.231. The van der Waals surface area contributed by atoms with Crippen LogP contribution >= 0.6 is 11.8 Å². The number of nitrogens with zero attached hydrogens (tertiary/aromatic N) is 1. The Balaban J connectivity index is 2.76. The van der Waals surface area contributed by atoms with Crippen molar-refractivity contribution in [3.63, 3.8) is 0 Å². The van der Waals surface area contributed by atoms with E-state index in [0.717, 1.165) is 0 Å². The van der Waals surface area contributed by atoms with Crippen molar-refractivity contribution in [1.82, 2.24) is 0 Å². The molecule has 0 aromatic heterocycles. The fourth-order valence-corrected chi connectivity index (χ4v) is 2.45. The van der Waals surface area contributed by atoms with Gasteiger partial charge in [0.25, 0.3) is 0 Å². The first-order valence-corrected chi connectivity index (χ1v) is 6.19. The van der Waals surface area contributed by atoms with Crippen molar-refractivity contribution < 1.29 is 0 Å². The van der Waals surface area contributed by atoms with E-state index in [1.165, 1.54) is 21.4 Å². The normalized spacial score (nSPS) is 10.6. The van der Waals surface area contributed by atoms with Crippen molar-refractivity contribution in [3.8, 4) is 0 Å². The third kappa shape index (κ3) is 1.82. The van der Waals surface area contributed by atoms with Gasteiger partial charge in [0.05, 0.1) is 0 Å². The largest absolute Gasteiger partial charge is 0.377 e. The van der Waals surface area contributed by atoms with Gasteiger partial charge in [0, 0.05) is 30.1 Å². The average Bonchev–Trinajstić information content (AvgIpc) is 2.27. The molecule has 15 heavy (non-hydrogen) atoms. The molecule has 0 bridgehead atoms. The van der Waals surface area contributed by atoms with E-state index in [9.17, 15) is 0 Å². The van der Waals surface area contributed by atoms with Crippen LogP contribution in [0.4, 0.5) is 5.69 Å². The molecule has 0 spiro atoms. The molecular formula is C13H15NS. The quantitative estimate of drug-likeness (QED) is 0.707. The highest BCUT2D eigenvalue weighted by Gasteiger charge is 2.04. The van der Waals surface area contributed by atoms with Gasteiger partial charge in [-0.3, -0.25) is 0 Å². The molecule has 0 amide bonds. The topological polar surface area (TPSA) is 3.24 Å². The van der Waals surface area contributed by atoms with Gasteiger partial charge in [-0.2, -0.15) is 0 Å². The molecule has 0 atom stereocenters. The van der Waals surface area contributed by atoms with E-state index in [4.69, 9.17) is 0 Å². The van der Waals surface area contributed by atoms with Crippen LogP contribution in [0, 0.1) is 0 Å². The van der Waals surface area contributed by atoms with Gasteiger partial charge in [-0.05, 0) is 23.8 Å². The average molecular weight is 217 g/mol. The second-order valence-corrected chi connectivity index (χ2v) is 4.58. The first-order valence-electron chi connectivity index (χ1n) is 4.97. The highest BCUT2D eigenvalue weighted by molar-refractivity contribution is 7.98. The molecule has 0 radical (unpaired) electrons. The van der Waals surface area contributed by atoms with E-state index in [-0.39, 0.29) is 0 Å². The Labute approximate surface area is 95.1 Å². The van der Waals surface area contributed by atoms with Crippen LogP contribution in [-0.2, 0) is 0 Å². The molecule has 0 saturated carbocycles. The predicted octanol–water partition coefficient (Wildman–Crippen LogP) is 3.63. The second kappa shape index (κ2) is 4.15. The minimum atomic E-state index is 1.28. The lowest BCUT2D eigenvalue weighted by Gasteiger charge is -2.16. The number of benzene rings is 2. The van der Waals surface area contributed by atoms with E-state index < -0.39 is 0 Å². The highest BCUT2D eigenvalue weighted by atomic mass is 32.2. The summed E-state index contributed by atoms with van der Waals surface area (Å²) in [6.07, 6.45) is 2.12. The molecule has 2 aromatic rings. The Bertz CT molecular complexity index is 477. The van der Waals surface area contributed by atoms with Crippen molar-refractivity contribution >= 4 is 28.2 Å². The Morgan fingerprint density at radius 3 is 2.27 bits per heavy atom. The van der Waals surface area contributed by atoms with Gasteiger partial charge in [0.15, 0.2) is 0 Å². The van der Waals surface area contributed by atoms with Crippen LogP contribution in [0.15, 0.2) is 41.3 Å². The summed E-state index contributed by atoms with van der Waals surface area (Å²) in [6.45, 7) is 0. The maximum absolute atomic E-state index is 2.19. The third-order valence-electron chi connectivity index (χ3n) is 2.56. The van der Waals surface area contributed by atoms with Crippen LogP contribution in [-0.4, -0.2) is 20.4 Å². The van der Waals surface area contributed by atoms with Crippen molar-refractivity contribution in [3.05, 3.63) is 36.4 Å². The highest BCUT2D eigenvalue weighted by Crippen LogP contribution is 2.31. The minimum Gasteiger partial charge on any atom is -0.377 e. The van der Waals surface area contributed by atoms with Crippen molar-refractivity contribution in [1.29, 1.82) is 0 Å². The summed E-state index contributed by atoms with van der Waals surface area (Å²) in [6, 6.07) is 13.0. The van der Waals surface area contributed by atoms with E-state index in [1.54, 1.807) is 11.8 Å². The smallest absolute Gasteiger partial charge is 0.0441 e. The lowest BCUT2D eigenvalue weighted by Crippen LogP contribution is -2.08. The van der Waals surface area contributed by atoms with Crippen molar-refractivity contribution in [2.24, 2.45) is 0 Å². The molecule has 78 valence electrons. The first-order chi connectivity index (χ1) is 7.24. The van der Waals surface area contributed by atoms with Gasteiger partial charge in [0.2, 0.25) is 0 Å². The predicted molar refractivity (Wildman–Crippen MR) is 70.1 cm³/mol. The zero-order chi connectivity index (χ0) is 10.8. The Morgan fingerprint density at radius 1 is 0.933 bits per heavy atom. The Morgan fingerprint density at radius 2 is 1.60 bits per heavy atom. The van der Waals surface area contributed by atoms with Gasteiger partial charge in [0.1, 0.15) is 0 Å². The summed E-state index contributed by atoms with van der Waals surface area (Å²) < 4.78 is 0. The van der Waals surface area contributed by atoms with Crippen LogP contribution in [0.2, 0.25) is 0 Å². The fourth-order valence-electron chi connectivity index (χ4n) is 1.83. The molecule has 0 saturated heterocycles. The molecule has 0 aliphatic rings. The van der Waals surface area contributed by atoms with Gasteiger partial charge in [-0.15, -0.1) is 11.8 Å². The zero-order valence-electron chi connectivity index (χ0n) is 9.32. The standard InChI is InChI=1S/C13H15NS/c1-14(2)12-8-4-7-11-10(12)6-5-9-13(11)15-3/h4-9H,1-3H3. The number of fused-ring (bicyclic) bond motifs is 1. The molecular weight excluding hydrogens is 202 g/mol. The van der Waals surface area contributed by atoms with Gasteiger partial charge < -0.3 is 4.90 Å². The monoisotopic (exact) mass is 217 g/mol. The van der Waals surface area contributed by atoms with E-state index in [2.05, 4.69) is 61.6 Å². The summed E-state index contributed by atoms with van der Waals surface area (Å²) in [5.41, 5.74) is 1.28. The van der Waals surface area contributed by atoms with Crippen LogP contribution in [0.5, 0.6) is 0 Å². The lowest BCUT2D eigenvalue weighted by atomic mass is 10.1. The molecule has 2 aromatic carbocycles. The number of hydrogen-bond acceptors (Lipinski definition) is 2. The SMILES string of the molecule is CSc1cccc2c(N(C)C)cccc12.